The van der Waals surface area contributed by atoms with Crippen molar-refractivity contribution in [2.24, 2.45) is 0 Å². The normalized spacial score (nSPS) is 9.56. The largest absolute Gasteiger partial charge is 3.00 e. The molecule has 6 heteroatoms. The first-order valence-electron chi connectivity index (χ1n) is 17.8. The van der Waals surface area contributed by atoms with Gasteiger partial charge in [-0.2, -0.15) is 34.4 Å². The van der Waals surface area contributed by atoms with Gasteiger partial charge in [-0.15, -0.1) is 152 Å². The summed E-state index contributed by atoms with van der Waals surface area (Å²) in [5, 5.41) is 11.0. The Kier molecular flexibility index (Phi) is 29.5. The number of hydrogen-bond acceptors (Lipinski definition) is 0. The third-order valence-corrected chi connectivity index (χ3v) is 8.47. The molecule has 0 bridgehead atoms. The number of aryl methyl sites for hydroxylation is 2. The topological polar surface area (TPSA) is 0 Å². The molecule has 0 amide bonds. The smallest absolute Gasteiger partial charge is 1.00 e. The summed E-state index contributed by atoms with van der Waals surface area (Å²) < 4.78 is 0. The van der Waals surface area contributed by atoms with Crippen molar-refractivity contribution in [1.82, 2.24) is 0 Å². The van der Waals surface area contributed by atoms with E-state index in [1.165, 1.54) is 65.3 Å². The Hall–Kier alpha value is -1.90. The first-order chi connectivity index (χ1) is 24.2. The molecule has 0 spiro atoms. The van der Waals surface area contributed by atoms with E-state index in [2.05, 4.69) is 213 Å². The molecular weight excluding hydrogens is 886 g/mol. The van der Waals surface area contributed by atoms with Crippen LogP contribution in [0.1, 0.15) is 61.8 Å². The number of benzene rings is 4. The van der Waals surface area contributed by atoms with E-state index in [-0.39, 0.29) is 77.2 Å². The quantitative estimate of drug-likeness (QED) is 0.120. The molecule has 0 aliphatic rings. The van der Waals surface area contributed by atoms with Gasteiger partial charge in [-0.3, -0.25) is 0 Å². The van der Waals surface area contributed by atoms with Gasteiger partial charge < -0.3 is 24.8 Å². The summed E-state index contributed by atoms with van der Waals surface area (Å²) in [4.78, 5) is 0. The minimum atomic E-state index is 0. The van der Waals surface area contributed by atoms with Gasteiger partial charge in [0.15, 0.2) is 0 Å². The van der Waals surface area contributed by atoms with Crippen LogP contribution in [0.3, 0.4) is 0 Å². The van der Waals surface area contributed by atoms with Crippen molar-refractivity contribution in [2.75, 3.05) is 0 Å². The summed E-state index contributed by atoms with van der Waals surface area (Å²) in [6, 6.07) is 51.5. The molecule has 0 saturated carbocycles. The predicted molar refractivity (Wildman–Crippen MR) is 231 cm³/mol. The molecule has 0 unspecified atom stereocenters. The van der Waals surface area contributed by atoms with Crippen molar-refractivity contribution in [2.45, 2.75) is 79.6 Å². The molecule has 8 aromatic carbocycles. The Morgan fingerprint density at radius 1 is 0.389 bits per heavy atom. The van der Waals surface area contributed by atoms with E-state index in [1.54, 1.807) is 0 Å². The maximum Gasteiger partial charge on any atom is 3.00 e. The van der Waals surface area contributed by atoms with Crippen LogP contribution in [0.4, 0.5) is 0 Å². The van der Waals surface area contributed by atoms with Gasteiger partial charge >= 0.3 is 52.4 Å². The molecule has 8 rings (SSSR count). The van der Waals surface area contributed by atoms with E-state index in [4.69, 9.17) is 0 Å². The fraction of sp³-hybridized carbons (Fsp3) is 0.250. The van der Waals surface area contributed by atoms with Gasteiger partial charge in [-0.25, -0.2) is 0 Å². The molecule has 54 heavy (non-hydrogen) atoms. The molecule has 0 aliphatic heterocycles. The van der Waals surface area contributed by atoms with Crippen LogP contribution in [0.15, 0.2) is 146 Å². The number of halogens is 2. The monoisotopic (exact) mass is 938 g/mol. The maximum absolute atomic E-state index is 2.24. The average molecular weight is 943 g/mol. The summed E-state index contributed by atoms with van der Waals surface area (Å²) in [6.45, 7) is 21.8. The second-order valence-corrected chi connectivity index (χ2v) is 15.3. The van der Waals surface area contributed by atoms with Gasteiger partial charge in [-0.05, 0) is 0 Å². The first-order valence-corrected chi connectivity index (χ1v) is 21.8. The van der Waals surface area contributed by atoms with Crippen molar-refractivity contribution < 1.29 is 77.2 Å². The van der Waals surface area contributed by atoms with Gasteiger partial charge in [0.05, 0.1) is 0 Å². The Bertz CT molecular complexity index is 1960. The zero-order valence-corrected chi connectivity index (χ0v) is 42.2. The zero-order valence-electron chi connectivity index (χ0n) is 33.8. The first kappa shape index (κ1) is 54.2. The molecule has 0 saturated heterocycles. The van der Waals surface area contributed by atoms with Crippen LogP contribution < -0.4 is 24.8 Å². The second-order valence-electron chi connectivity index (χ2n) is 13.3. The molecule has 0 aromatic heterocycles. The Morgan fingerprint density at radius 2 is 0.611 bits per heavy atom. The molecule has 0 nitrogen and oxygen atoms in total. The minimum Gasteiger partial charge on any atom is -1.00 e. The van der Waals surface area contributed by atoms with Gasteiger partial charge in [0.2, 0.25) is 0 Å². The Balaban J connectivity index is 0. The summed E-state index contributed by atoms with van der Waals surface area (Å²) in [5.74, 6) is 1.26. The zero-order chi connectivity index (χ0) is 36.5. The van der Waals surface area contributed by atoms with Gasteiger partial charge in [0.1, 0.15) is 0 Å². The number of fused-ring (bicyclic) bond motifs is 4. The predicted octanol–water partition coefficient (Wildman–Crippen LogP) is 8.68. The van der Waals surface area contributed by atoms with Crippen molar-refractivity contribution >= 4 is 62.1 Å². The van der Waals surface area contributed by atoms with E-state index >= 15 is 0 Å². The molecule has 8 aromatic rings. The van der Waals surface area contributed by atoms with Crippen molar-refractivity contribution in [3.63, 3.8) is 0 Å². The average Bonchev–Trinajstić information content (AvgIpc) is 3.92. The van der Waals surface area contributed by atoms with Crippen molar-refractivity contribution in [1.29, 1.82) is 0 Å². The molecule has 0 N–H and O–H groups in total. The van der Waals surface area contributed by atoms with Gasteiger partial charge in [-0.1, -0.05) is 104 Å². The molecule has 6 radical (unpaired) electrons. The van der Waals surface area contributed by atoms with Gasteiger partial charge in [0.25, 0.3) is 0 Å². The maximum atomic E-state index is 2.24. The number of hydrogen-bond donors (Lipinski definition) is 0. The molecule has 0 aliphatic carbocycles. The van der Waals surface area contributed by atoms with Crippen molar-refractivity contribution in [3.05, 3.63) is 168 Å². The van der Waals surface area contributed by atoms with E-state index in [0.717, 1.165) is 19.0 Å². The van der Waals surface area contributed by atoms with Crippen LogP contribution in [0.5, 0.6) is 0 Å². The minimum absolute atomic E-state index is 0. The van der Waals surface area contributed by atoms with E-state index in [0.29, 0.717) is 11.8 Å². The summed E-state index contributed by atoms with van der Waals surface area (Å²) in [7, 11) is 2.17. The summed E-state index contributed by atoms with van der Waals surface area (Å²) >= 11 is 0. The third-order valence-electron chi connectivity index (χ3n) is 8.47. The van der Waals surface area contributed by atoms with Crippen LogP contribution in [0.2, 0.25) is 26.2 Å². The standard InChI is InChI=1S/2C12H13.2C10H9.2C2H6Si.2ClH.2Zr/c2*1-9(2)11-8-7-10-5-3-4-6-12(10)11;2*1-8-6-7-9-4-2-3-5-10(8)9;2*1-3-2;;;;/h2*3-9H,1-2H3;2*2-7H,1H3;2*1-2H3;2*1H;;/q4*-1;;;;;2*+3/p-2. The fourth-order valence-electron chi connectivity index (χ4n) is 5.97. The third kappa shape index (κ3) is 16.3. The molecule has 0 heterocycles. The molecule has 0 atom stereocenters. The number of rotatable bonds is 2. The Labute approximate surface area is 383 Å². The van der Waals surface area contributed by atoms with Gasteiger partial charge in [0, 0.05) is 19.0 Å². The summed E-state index contributed by atoms with van der Waals surface area (Å²) in [5.41, 5.74) is 5.67. The Morgan fingerprint density at radius 3 is 0.870 bits per heavy atom. The van der Waals surface area contributed by atoms with Crippen LogP contribution in [0, 0.1) is 13.8 Å². The second kappa shape index (κ2) is 29.4. The van der Waals surface area contributed by atoms with E-state index in [1.807, 2.05) is 0 Å². The van der Waals surface area contributed by atoms with E-state index < -0.39 is 0 Å². The molecule has 278 valence electrons. The van der Waals surface area contributed by atoms with Crippen LogP contribution in [-0.4, -0.2) is 19.0 Å². The SMILES string of the molecule is CC(C)c1c[cH-]c2ccccc12.CC(C)c1c[cH-]c2ccccc12.C[Si]C.C[Si]C.Cc1c[cH-]c2ccccc12.Cc1c[cH-]c2ccccc12.[Cl-].[Cl-].[Zr+3].[Zr+3]. The van der Waals surface area contributed by atoms with Crippen LogP contribution in [-0.2, 0) is 52.4 Å². The summed E-state index contributed by atoms with van der Waals surface area (Å²) in [6.07, 6.45) is 0. The fourth-order valence-corrected chi connectivity index (χ4v) is 5.97. The van der Waals surface area contributed by atoms with Crippen LogP contribution in [0.25, 0.3) is 43.1 Å². The molecular formula is C48H56Cl2Si2Zr2. The molecule has 0 fully saturated rings. The van der Waals surface area contributed by atoms with Crippen LogP contribution >= 0.6 is 0 Å². The van der Waals surface area contributed by atoms with E-state index in [9.17, 15) is 0 Å². The van der Waals surface area contributed by atoms with Crippen molar-refractivity contribution in [3.8, 4) is 0 Å².